The second kappa shape index (κ2) is 8.14. The highest BCUT2D eigenvalue weighted by Crippen LogP contribution is 2.36. The van der Waals surface area contributed by atoms with E-state index < -0.39 is 29.0 Å². The van der Waals surface area contributed by atoms with Crippen molar-refractivity contribution in [3.05, 3.63) is 34.5 Å². The van der Waals surface area contributed by atoms with Crippen LogP contribution in [-0.2, 0) is 24.8 Å². The van der Waals surface area contributed by atoms with E-state index in [0.29, 0.717) is 0 Å². The number of pyridine rings is 1. The predicted octanol–water partition coefficient (Wildman–Crippen LogP) is 3.45. The van der Waals surface area contributed by atoms with E-state index in [2.05, 4.69) is 10.4 Å². The van der Waals surface area contributed by atoms with Gasteiger partial charge in [-0.05, 0) is 53.2 Å². The topological polar surface area (TPSA) is 88.6 Å². The molecule has 1 aromatic rings. The lowest BCUT2D eigenvalue weighted by molar-refractivity contribution is -0.154. The number of alkyl halides is 2. The summed E-state index contributed by atoms with van der Waals surface area (Å²) in [6.07, 6.45) is 0.000280. The van der Waals surface area contributed by atoms with E-state index in [1.807, 2.05) is 0 Å². The van der Waals surface area contributed by atoms with Gasteiger partial charge in [0.25, 0.3) is 17.5 Å². The number of carbonyl (C=O) groups excluding carboxylic acids is 3. The normalized spacial score (nSPS) is 15.2. The lowest BCUT2D eigenvalue weighted by Crippen LogP contribution is -2.37. The molecule has 0 saturated carbocycles. The average molecular weight is 427 g/mol. The summed E-state index contributed by atoms with van der Waals surface area (Å²) in [6, 6.07) is 2.43. The van der Waals surface area contributed by atoms with Gasteiger partial charge >= 0.3 is 5.97 Å². The molecule has 2 rings (SSSR count). The summed E-state index contributed by atoms with van der Waals surface area (Å²) in [5.41, 5.74) is -1.04. The quantitative estimate of drug-likeness (QED) is 0.425. The van der Waals surface area contributed by atoms with Crippen LogP contribution in [0.15, 0.2) is 23.3 Å². The number of nitrogens with zero attached hydrogens (tertiary/aromatic N) is 2. The SMILES string of the molecule is CC1=C(CCC(=O)OC(C)(C)C)C(=O)N(Nc2ccc(C(F)(F)P)c(C)n2)C1=O. The number of rotatable bonds is 6. The molecule has 0 aliphatic carbocycles. The van der Waals surface area contributed by atoms with Crippen molar-refractivity contribution in [3.63, 3.8) is 0 Å². The van der Waals surface area contributed by atoms with E-state index >= 15 is 0 Å². The molecule has 1 aromatic heterocycles. The summed E-state index contributed by atoms with van der Waals surface area (Å²) < 4.78 is 32.2. The molecular weight excluding hydrogens is 403 g/mol. The first-order chi connectivity index (χ1) is 13.2. The van der Waals surface area contributed by atoms with Crippen LogP contribution >= 0.6 is 9.24 Å². The van der Waals surface area contributed by atoms with Gasteiger partial charge in [0.15, 0.2) is 0 Å². The fourth-order valence-electron chi connectivity index (χ4n) is 2.79. The number of esters is 1. The highest BCUT2D eigenvalue weighted by atomic mass is 31.0. The predicted molar refractivity (Wildman–Crippen MR) is 106 cm³/mol. The smallest absolute Gasteiger partial charge is 0.306 e. The van der Waals surface area contributed by atoms with Crippen molar-refractivity contribution >= 4 is 32.8 Å². The zero-order valence-electron chi connectivity index (χ0n) is 16.9. The van der Waals surface area contributed by atoms with E-state index in [9.17, 15) is 23.2 Å². The average Bonchev–Trinajstić information content (AvgIpc) is 2.74. The Labute approximate surface area is 170 Å². The van der Waals surface area contributed by atoms with E-state index in [1.165, 1.54) is 35.2 Å². The van der Waals surface area contributed by atoms with E-state index in [0.717, 1.165) is 5.01 Å². The molecule has 0 spiro atoms. The number of anilines is 1. The number of amides is 2. The number of imide groups is 1. The van der Waals surface area contributed by atoms with Gasteiger partial charge in [0.1, 0.15) is 11.4 Å². The number of aromatic nitrogens is 1. The third-order valence-electron chi connectivity index (χ3n) is 4.11. The first kappa shape index (κ1) is 22.9. The van der Waals surface area contributed by atoms with Gasteiger partial charge < -0.3 is 4.74 Å². The van der Waals surface area contributed by atoms with Crippen LogP contribution in [0.4, 0.5) is 14.6 Å². The largest absolute Gasteiger partial charge is 0.460 e. The van der Waals surface area contributed by atoms with Gasteiger partial charge in [-0.25, -0.2) is 4.98 Å². The Bertz CT molecular complexity index is 888. The minimum Gasteiger partial charge on any atom is -0.460 e. The molecule has 1 aliphatic rings. The molecule has 0 radical (unpaired) electrons. The summed E-state index contributed by atoms with van der Waals surface area (Å²) in [7, 11) is 1.44. The number of halogens is 2. The maximum Gasteiger partial charge on any atom is 0.306 e. The van der Waals surface area contributed by atoms with Crippen molar-refractivity contribution in [2.45, 2.75) is 58.7 Å². The lowest BCUT2D eigenvalue weighted by atomic mass is 10.1. The minimum atomic E-state index is -3.14. The Morgan fingerprint density at radius 1 is 1.21 bits per heavy atom. The van der Waals surface area contributed by atoms with Gasteiger partial charge in [0.2, 0.25) is 0 Å². The Kier molecular flexibility index (Phi) is 6.42. The molecular formula is C19H24F2N3O4P. The summed E-state index contributed by atoms with van der Waals surface area (Å²) in [4.78, 5) is 40.9. The van der Waals surface area contributed by atoms with Gasteiger partial charge in [0.05, 0.1) is 0 Å². The van der Waals surface area contributed by atoms with E-state index in [-0.39, 0.29) is 41.1 Å². The van der Waals surface area contributed by atoms with Crippen molar-refractivity contribution in [3.8, 4) is 0 Å². The molecule has 1 aliphatic heterocycles. The zero-order valence-corrected chi connectivity index (χ0v) is 18.1. The Morgan fingerprint density at radius 2 is 1.83 bits per heavy atom. The summed E-state index contributed by atoms with van der Waals surface area (Å²) in [5, 5.41) is 0.764. The molecule has 2 amide bonds. The number of hydrogen-bond acceptors (Lipinski definition) is 6. The summed E-state index contributed by atoms with van der Waals surface area (Å²) in [5.74, 6) is -1.61. The Hall–Kier alpha value is -2.41. The first-order valence-electron chi connectivity index (χ1n) is 8.92. The van der Waals surface area contributed by atoms with Crippen LogP contribution in [0.1, 0.15) is 51.8 Å². The van der Waals surface area contributed by atoms with Gasteiger partial charge in [-0.1, -0.05) is 9.24 Å². The number of ether oxygens (including phenoxy) is 1. The number of carbonyl (C=O) groups is 3. The molecule has 0 bridgehead atoms. The minimum absolute atomic E-state index is 0.0495. The van der Waals surface area contributed by atoms with Crippen molar-refractivity contribution < 1.29 is 27.9 Å². The van der Waals surface area contributed by atoms with Crippen LogP contribution in [0.25, 0.3) is 0 Å². The van der Waals surface area contributed by atoms with Crippen LogP contribution < -0.4 is 5.43 Å². The molecule has 7 nitrogen and oxygen atoms in total. The second-order valence-corrected chi connectivity index (χ2v) is 8.43. The first-order valence-corrected chi connectivity index (χ1v) is 9.50. The number of hydrazine groups is 1. The van der Waals surface area contributed by atoms with Gasteiger partial charge in [-0.2, -0.15) is 13.8 Å². The monoisotopic (exact) mass is 427 g/mol. The fraction of sp³-hybridized carbons (Fsp3) is 0.474. The fourth-order valence-corrected chi connectivity index (χ4v) is 3.10. The molecule has 1 atom stereocenters. The van der Waals surface area contributed by atoms with Crippen LogP contribution in [0.5, 0.6) is 0 Å². The van der Waals surface area contributed by atoms with E-state index in [4.69, 9.17) is 4.74 Å². The molecule has 158 valence electrons. The van der Waals surface area contributed by atoms with Crippen LogP contribution in [0.2, 0.25) is 0 Å². The van der Waals surface area contributed by atoms with Crippen molar-refractivity contribution in [2.24, 2.45) is 0 Å². The standard InChI is InChI=1S/C19H24F2N3O4P/c1-10-12(6-9-15(25)28-18(3,4)5)17(27)24(16(10)26)23-14-8-7-13(11(2)22-14)19(20,21)29/h7-8H,6,9,29H2,1-5H3,(H,22,23). The van der Waals surface area contributed by atoms with E-state index in [1.54, 1.807) is 20.8 Å². The van der Waals surface area contributed by atoms with Crippen molar-refractivity contribution in [2.75, 3.05) is 5.43 Å². The highest BCUT2D eigenvalue weighted by molar-refractivity contribution is 7.17. The second-order valence-electron chi connectivity index (χ2n) is 7.70. The van der Waals surface area contributed by atoms with Crippen LogP contribution in [-0.4, -0.2) is 33.4 Å². The molecule has 0 aromatic carbocycles. The Morgan fingerprint density at radius 3 is 2.34 bits per heavy atom. The maximum absolute atomic E-state index is 13.5. The molecule has 0 fully saturated rings. The van der Waals surface area contributed by atoms with Gasteiger partial charge in [0, 0.05) is 28.8 Å². The number of nitrogens with one attached hydrogen (secondary N) is 1. The highest BCUT2D eigenvalue weighted by Gasteiger charge is 2.37. The zero-order chi connectivity index (χ0) is 22.1. The van der Waals surface area contributed by atoms with Crippen molar-refractivity contribution in [1.29, 1.82) is 0 Å². The van der Waals surface area contributed by atoms with Gasteiger partial charge in [-0.15, -0.1) is 0 Å². The lowest BCUT2D eigenvalue weighted by Gasteiger charge is -2.20. The molecule has 1 unspecified atom stereocenters. The molecule has 1 N–H and O–H groups in total. The van der Waals surface area contributed by atoms with Crippen LogP contribution in [0, 0.1) is 6.92 Å². The molecule has 29 heavy (non-hydrogen) atoms. The third kappa shape index (κ3) is 5.56. The number of hydrogen-bond donors (Lipinski definition) is 1. The molecule has 2 heterocycles. The summed E-state index contributed by atoms with van der Waals surface area (Å²) in [6.45, 7) is 8.10. The Balaban J connectivity index is 2.10. The maximum atomic E-state index is 13.5. The van der Waals surface area contributed by atoms with Crippen molar-refractivity contribution in [1.82, 2.24) is 9.99 Å². The number of aryl methyl sites for hydroxylation is 1. The molecule has 0 saturated heterocycles. The third-order valence-corrected chi connectivity index (χ3v) is 4.42. The summed E-state index contributed by atoms with van der Waals surface area (Å²) >= 11 is 0. The molecule has 10 heteroatoms. The van der Waals surface area contributed by atoms with Gasteiger partial charge in [-0.3, -0.25) is 19.8 Å². The van der Waals surface area contributed by atoms with Crippen LogP contribution in [0.3, 0.4) is 0 Å².